The van der Waals surface area contributed by atoms with E-state index in [1.165, 1.54) is 23.5 Å². The molecule has 0 radical (unpaired) electrons. The molecule has 1 nitrogen and oxygen atoms in total. The van der Waals surface area contributed by atoms with E-state index in [-0.39, 0.29) is 0 Å². The van der Waals surface area contributed by atoms with Crippen molar-refractivity contribution in [2.75, 3.05) is 0 Å². The van der Waals surface area contributed by atoms with E-state index in [1.807, 2.05) is 12.1 Å². The molecule has 0 fully saturated rings. The first-order valence-electron chi connectivity index (χ1n) is 6.48. The molecule has 0 aliphatic carbocycles. The average Bonchev–Trinajstić information content (AvgIpc) is 2.89. The second-order valence-corrected chi connectivity index (χ2v) is 6.92. The molecule has 0 bridgehead atoms. The first-order chi connectivity index (χ1) is 10.8. The number of alkyl halides is 3. The highest BCUT2D eigenvalue weighted by Crippen LogP contribution is 2.39. The number of thiol groups is 1. The molecule has 0 unspecified atom stereocenters. The smallest absolute Gasteiger partial charge is 0.229 e. The number of nitrogens with zero attached hydrogens (tertiary/aromatic N) is 1. The van der Waals surface area contributed by atoms with Crippen LogP contribution < -0.4 is 0 Å². The van der Waals surface area contributed by atoms with Gasteiger partial charge in [-0.05, 0) is 29.8 Å². The molecule has 0 saturated heterocycles. The van der Waals surface area contributed by atoms with Crippen LogP contribution in [-0.4, -0.2) is 4.98 Å². The first-order valence-corrected chi connectivity index (χ1v) is 8.12. The Labute approximate surface area is 145 Å². The van der Waals surface area contributed by atoms with Gasteiger partial charge < -0.3 is 0 Å². The summed E-state index contributed by atoms with van der Waals surface area (Å²) >= 11 is 11.5. The van der Waals surface area contributed by atoms with Crippen molar-refractivity contribution in [2.45, 2.75) is 10.5 Å². The number of rotatable bonds is 2. The fraction of sp³-hybridized carbons (Fsp3) is 0.0625. The highest BCUT2D eigenvalue weighted by atomic mass is 35.5. The largest absolute Gasteiger partial charge is 0.416 e. The number of halogens is 4. The van der Waals surface area contributed by atoms with Gasteiger partial charge in [-0.3, -0.25) is 0 Å². The molecule has 2 aromatic carbocycles. The topological polar surface area (TPSA) is 12.9 Å². The summed E-state index contributed by atoms with van der Waals surface area (Å²) in [6.45, 7) is 0. The van der Waals surface area contributed by atoms with Crippen LogP contribution in [0.25, 0.3) is 21.7 Å². The summed E-state index contributed by atoms with van der Waals surface area (Å²) in [5.41, 5.74) is 1.50. The van der Waals surface area contributed by atoms with E-state index >= 15 is 0 Å². The number of hydrogen-bond donors (Lipinski definition) is 1. The molecule has 0 aliphatic heterocycles. The van der Waals surface area contributed by atoms with Gasteiger partial charge in [-0.25, -0.2) is 4.98 Å². The van der Waals surface area contributed by atoms with Gasteiger partial charge in [0.1, 0.15) is 4.34 Å². The van der Waals surface area contributed by atoms with Crippen LogP contribution in [0.15, 0.2) is 52.9 Å². The zero-order valence-electron chi connectivity index (χ0n) is 11.4. The van der Waals surface area contributed by atoms with Crippen molar-refractivity contribution in [3.8, 4) is 21.7 Å². The molecular weight excluding hydrogens is 363 g/mol. The van der Waals surface area contributed by atoms with E-state index in [1.54, 1.807) is 12.1 Å². The average molecular weight is 372 g/mol. The van der Waals surface area contributed by atoms with E-state index in [0.29, 0.717) is 20.6 Å². The van der Waals surface area contributed by atoms with Crippen LogP contribution in [0.1, 0.15) is 5.56 Å². The minimum Gasteiger partial charge on any atom is -0.229 e. The minimum absolute atomic E-state index is 0.546. The van der Waals surface area contributed by atoms with E-state index in [2.05, 4.69) is 17.6 Å². The van der Waals surface area contributed by atoms with Crippen LogP contribution in [-0.2, 0) is 6.18 Å². The Balaban J connectivity index is 2.05. The lowest BCUT2D eigenvalue weighted by atomic mass is 10.1. The van der Waals surface area contributed by atoms with Gasteiger partial charge in [0.05, 0.1) is 16.1 Å². The first kappa shape index (κ1) is 16.4. The normalized spacial score (nSPS) is 11.7. The lowest BCUT2D eigenvalue weighted by Gasteiger charge is -2.08. The van der Waals surface area contributed by atoms with Crippen molar-refractivity contribution in [3.63, 3.8) is 0 Å². The molecule has 0 spiro atoms. The molecule has 118 valence electrons. The van der Waals surface area contributed by atoms with Crippen LogP contribution in [0, 0.1) is 0 Å². The maximum atomic E-state index is 12.7. The summed E-state index contributed by atoms with van der Waals surface area (Å²) in [5.74, 6) is 0. The van der Waals surface area contributed by atoms with E-state index < -0.39 is 11.7 Å². The summed E-state index contributed by atoms with van der Waals surface area (Å²) in [4.78, 5) is 5.15. The van der Waals surface area contributed by atoms with Crippen molar-refractivity contribution in [2.24, 2.45) is 0 Å². The number of benzene rings is 2. The third-order valence-electron chi connectivity index (χ3n) is 3.21. The summed E-state index contributed by atoms with van der Waals surface area (Å²) in [6, 6.07) is 12.1. The molecule has 3 aromatic rings. The van der Waals surface area contributed by atoms with Crippen molar-refractivity contribution < 1.29 is 13.2 Å². The number of hydrogen-bond acceptors (Lipinski definition) is 3. The van der Waals surface area contributed by atoms with E-state index in [0.717, 1.165) is 22.6 Å². The Bertz CT molecular complexity index is 824. The predicted molar refractivity (Wildman–Crippen MR) is 90.2 cm³/mol. The van der Waals surface area contributed by atoms with Crippen molar-refractivity contribution in [1.82, 2.24) is 4.98 Å². The Morgan fingerprint density at radius 3 is 2.04 bits per heavy atom. The molecule has 0 amide bonds. The number of thiazole rings is 1. The summed E-state index contributed by atoms with van der Waals surface area (Å²) in [6.07, 6.45) is -4.35. The lowest BCUT2D eigenvalue weighted by molar-refractivity contribution is -0.137. The molecule has 1 heterocycles. The minimum atomic E-state index is -4.35. The molecule has 0 aliphatic rings. The molecule has 1 aromatic heterocycles. The second-order valence-electron chi connectivity index (χ2n) is 4.76. The fourth-order valence-corrected chi connectivity index (χ4v) is 3.45. The summed E-state index contributed by atoms with van der Waals surface area (Å²) < 4.78 is 38.6. The van der Waals surface area contributed by atoms with Crippen LogP contribution in [0.5, 0.6) is 0 Å². The molecule has 0 saturated carbocycles. The molecule has 0 N–H and O–H groups in total. The van der Waals surface area contributed by atoms with E-state index in [4.69, 9.17) is 11.6 Å². The Hall–Kier alpha value is -1.50. The number of aromatic nitrogens is 1. The zero-order chi connectivity index (χ0) is 16.6. The van der Waals surface area contributed by atoms with Gasteiger partial charge in [0.15, 0.2) is 0 Å². The SMILES string of the molecule is FC(F)(F)c1ccc(-c2sc(S)nc2-c2ccc(Cl)cc2)cc1. The van der Waals surface area contributed by atoms with Gasteiger partial charge >= 0.3 is 6.18 Å². The summed E-state index contributed by atoms with van der Waals surface area (Å²) in [7, 11) is 0. The third kappa shape index (κ3) is 3.54. The van der Waals surface area contributed by atoms with Gasteiger partial charge in [0.2, 0.25) is 0 Å². The highest BCUT2D eigenvalue weighted by Gasteiger charge is 2.30. The predicted octanol–water partition coefficient (Wildman–Crippen LogP) is 6.44. The molecular formula is C16H9ClF3NS2. The quantitative estimate of drug-likeness (QED) is 0.511. The van der Waals surface area contributed by atoms with Crippen molar-refractivity contribution in [1.29, 1.82) is 0 Å². The summed E-state index contributed by atoms with van der Waals surface area (Å²) in [5, 5.41) is 0.603. The highest BCUT2D eigenvalue weighted by molar-refractivity contribution is 7.82. The van der Waals surface area contributed by atoms with Gasteiger partial charge in [-0.2, -0.15) is 13.2 Å². The van der Waals surface area contributed by atoms with Gasteiger partial charge in [-0.15, -0.1) is 24.0 Å². The van der Waals surface area contributed by atoms with Gasteiger partial charge in [0.25, 0.3) is 0 Å². The van der Waals surface area contributed by atoms with E-state index in [9.17, 15) is 13.2 Å². The molecule has 7 heteroatoms. The van der Waals surface area contributed by atoms with Gasteiger partial charge in [-0.1, -0.05) is 35.9 Å². The maximum Gasteiger partial charge on any atom is 0.416 e. The Morgan fingerprint density at radius 1 is 0.913 bits per heavy atom. The van der Waals surface area contributed by atoms with Gasteiger partial charge in [0, 0.05) is 10.6 Å². The third-order valence-corrected chi connectivity index (χ3v) is 4.74. The maximum absolute atomic E-state index is 12.7. The standard InChI is InChI=1S/C16H9ClF3NS2/c17-12-7-3-9(4-8-12)13-14(23-15(22)21-13)10-1-5-11(6-2-10)16(18,19)20/h1-8H,(H,21,22). The van der Waals surface area contributed by atoms with Crippen LogP contribution in [0.3, 0.4) is 0 Å². The molecule has 0 atom stereocenters. The Morgan fingerprint density at radius 2 is 1.48 bits per heavy atom. The fourth-order valence-electron chi connectivity index (χ4n) is 2.12. The van der Waals surface area contributed by atoms with Crippen molar-refractivity contribution >= 4 is 35.6 Å². The second kappa shape index (κ2) is 6.19. The van der Waals surface area contributed by atoms with Crippen LogP contribution >= 0.6 is 35.6 Å². The van der Waals surface area contributed by atoms with Crippen LogP contribution in [0.2, 0.25) is 5.02 Å². The molecule has 3 rings (SSSR count). The monoisotopic (exact) mass is 371 g/mol. The zero-order valence-corrected chi connectivity index (χ0v) is 13.9. The Kier molecular flexibility index (Phi) is 4.40. The molecule has 23 heavy (non-hydrogen) atoms. The van der Waals surface area contributed by atoms with Crippen LogP contribution in [0.4, 0.5) is 13.2 Å². The lowest BCUT2D eigenvalue weighted by Crippen LogP contribution is -2.03. The van der Waals surface area contributed by atoms with Crippen molar-refractivity contribution in [3.05, 3.63) is 59.1 Å².